The van der Waals surface area contributed by atoms with Crippen molar-refractivity contribution in [3.05, 3.63) is 35.9 Å². The molecular weight excluding hydrogens is 212 g/mol. The standard InChI is InChI=1S/C14H20N2O/c1-10-7-12(10)9-16-14(17)13(15)8-11-5-3-2-4-6-11/h2-6,10,12-13H,7-9,15H2,1H3,(H,16,17). The van der Waals surface area contributed by atoms with Gasteiger partial charge in [0.15, 0.2) is 0 Å². The van der Waals surface area contributed by atoms with Crippen LogP contribution < -0.4 is 11.1 Å². The van der Waals surface area contributed by atoms with Crippen LogP contribution in [0, 0.1) is 11.8 Å². The second-order valence-electron chi connectivity index (χ2n) is 5.01. The maximum absolute atomic E-state index is 11.8. The highest BCUT2D eigenvalue weighted by atomic mass is 16.2. The number of nitrogens with one attached hydrogen (secondary N) is 1. The number of nitrogens with two attached hydrogens (primary N) is 1. The summed E-state index contributed by atoms with van der Waals surface area (Å²) in [5.41, 5.74) is 6.98. The summed E-state index contributed by atoms with van der Waals surface area (Å²) in [6.45, 7) is 2.99. The number of rotatable bonds is 5. The normalized spacial score (nSPS) is 24.1. The fraction of sp³-hybridized carbons (Fsp3) is 0.500. The van der Waals surface area contributed by atoms with Crippen molar-refractivity contribution in [3.8, 4) is 0 Å². The Labute approximate surface area is 102 Å². The number of carbonyl (C=O) groups is 1. The van der Waals surface area contributed by atoms with Crippen LogP contribution in [0.5, 0.6) is 0 Å². The van der Waals surface area contributed by atoms with Gasteiger partial charge >= 0.3 is 0 Å². The second-order valence-corrected chi connectivity index (χ2v) is 5.01. The molecule has 3 nitrogen and oxygen atoms in total. The van der Waals surface area contributed by atoms with Gasteiger partial charge in [-0.1, -0.05) is 37.3 Å². The van der Waals surface area contributed by atoms with Gasteiger partial charge in [-0.3, -0.25) is 4.79 Å². The van der Waals surface area contributed by atoms with Gasteiger partial charge < -0.3 is 11.1 Å². The van der Waals surface area contributed by atoms with Gasteiger partial charge in [0.2, 0.25) is 5.91 Å². The molecule has 3 heteroatoms. The van der Waals surface area contributed by atoms with Crippen LogP contribution in [0.2, 0.25) is 0 Å². The first-order valence-corrected chi connectivity index (χ1v) is 6.24. The number of hydrogen-bond acceptors (Lipinski definition) is 2. The number of carbonyl (C=O) groups excluding carboxylic acids is 1. The quantitative estimate of drug-likeness (QED) is 0.804. The Bertz CT molecular complexity index is 377. The van der Waals surface area contributed by atoms with E-state index >= 15 is 0 Å². The fourth-order valence-electron chi connectivity index (χ4n) is 2.01. The molecule has 1 amide bonds. The van der Waals surface area contributed by atoms with Crippen LogP contribution >= 0.6 is 0 Å². The molecule has 1 fully saturated rings. The molecule has 3 N–H and O–H groups in total. The molecule has 0 saturated heterocycles. The summed E-state index contributed by atoms with van der Waals surface area (Å²) in [6, 6.07) is 9.44. The lowest BCUT2D eigenvalue weighted by molar-refractivity contribution is -0.122. The van der Waals surface area contributed by atoms with E-state index in [1.807, 2.05) is 30.3 Å². The maximum atomic E-state index is 11.8. The van der Waals surface area contributed by atoms with Gasteiger partial charge in [0, 0.05) is 6.54 Å². The fourth-order valence-corrected chi connectivity index (χ4v) is 2.01. The van der Waals surface area contributed by atoms with E-state index in [0.29, 0.717) is 12.3 Å². The van der Waals surface area contributed by atoms with Gasteiger partial charge in [-0.25, -0.2) is 0 Å². The van der Waals surface area contributed by atoms with Crippen molar-refractivity contribution in [2.24, 2.45) is 17.6 Å². The molecule has 2 rings (SSSR count). The highest BCUT2D eigenvalue weighted by Gasteiger charge is 2.32. The summed E-state index contributed by atoms with van der Waals surface area (Å²) in [5, 5.41) is 2.93. The molecule has 1 saturated carbocycles. The Morgan fingerprint density at radius 2 is 2.12 bits per heavy atom. The van der Waals surface area contributed by atoms with E-state index in [-0.39, 0.29) is 5.91 Å². The second kappa shape index (κ2) is 5.32. The molecule has 0 heterocycles. The minimum absolute atomic E-state index is 0.0343. The summed E-state index contributed by atoms with van der Waals surface area (Å²) in [6.07, 6.45) is 1.83. The van der Waals surface area contributed by atoms with Crippen LogP contribution in [-0.2, 0) is 11.2 Å². The largest absolute Gasteiger partial charge is 0.354 e. The Morgan fingerprint density at radius 3 is 2.71 bits per heavy atom. The maximum Gasteiger partial charge on any atom is 0.237 e. The lowest BCUT2D eigenvalue weighted by Gasteiger charge is -2.12. The number of hydrogen-bond donors (Lipinski definition) is 2. The molecule has 0 aliphatic heterocycles. The van der Waals surface area contributed by atoms with E-state index in [2.05, 4.69) is 12.2 Å². The van der Waals surface area contributed by atoms with Crippen molar-refractivity contribution in [3.63, 3.8) is 0 Å². The zero-order valence-corrected chi connectivity index (χ0v) is 10.2. The van der Waals surface area contributed by atoms with Crippen molar-refractivity contribution < 1.29 is 4.79 Å². The molecule has 3 unspecified atom stereocenters. The zero-order valence-electron chi connectivity index (χ0n) is 10.2. The monoisotopic (exact) mass is 232 g/mol. The summed E-state index contributed by atoms with van der Waals surface area (Å²) >= 11 is 0. The molecule has 17 heavy (non-hydrogen) atoms. The topological polar surface area (TPSA) is 55.1 Å². The van der Waals surface area contributed by atoms with E-state index in [9.17, 15) is 4.79 Å². The predicted molar refractivity (Wildman–Crippen MR) is 68.4 cm³/mol. The van der Waals surface area contributed by atoms with Crippen molar-refractivity contribution in [1.82, 2.24) is 5.32 Å². The van der Waals surface area contributed by atoms with Crippen molar-refractivity contribution >= 4 is 5.91 Å². The van der Waals surface area contributed by atoms with Crippen LogP contribution in [0.3, 0.4) is 0 Å². The Balaban J connectivity index is 1.75. The molecule has 1 aromatic carbocycles. The van der Waals surface area contributed by atoms with Crippen LogP contribution in [0.1, 0.15) is 18.9 Å². The zero-order chi connectivity index (χ0) is 12.3. The van der Waals surface area contributed by atoms with Gasteiger partial charge in [0.25, 0.3) is 0 Å². The van der Waals surface area contributed by atoms with Crippen LogP contribution in [-0.4, -0.2) is 18.5 Å². The SMILES string of the molecule is CC1CC1CNC(=O)C(N)Cc1ccccc1. The first kappa shape index (κ1) is 12.1. The first-order chi connectivity index (χ1) is 8.16. The molecule has 1 aliphatic carbocycles. The average molecular weight is 232 g/mol. The number of benzene rings is 1. The van der Waals surface area contributed by atoms with E-state index in [0.717, 1.165) is 18.0 Å². The number of amides is 1. The summed E-state index contributed by atoms with van der Waals surface area (Å²) in [5.74, 6) is 1.40. The van der Waals surface area contributed by atoms with Crippen LogP contribution in [0.25, 0.3) is 0 Å². The molecule has 3 atom stereocenters. The third-order valence-corrected chi connectivity index (χ3v) is 3.45. The van der Waals surface area contributed by atoms with Crippen LogP contribution in [0.15, 0.2) is 30.3 Å². The lowest BCUT2D eigenvalue weighted by Crippen LogP contribution is -2.42. The molecule has 0 spiro atoms. The van der Waals surface area contributed by atoms with Crippen molar-refractivity contribution in [2.45, 2.75) is 25.8 Å². The van der Waals surface area contributed by atoms with Gasteiger partial charge in [0.1, 0.15) is 0 Å². The van der Waals surface area contributed by atoms with Gasteiger partial charge in [0.05, 0.1) is 6.04 Å². The summed E-state index contributed by atoms with van der Waals surface area (Å²) in [7, 11) is 0. The molecular formula is C14H20N2O. The van der Waals surface area contributed by atoms with Gasteiger partial charge in [-0.15, -0.1) is 0 Å². The van der Waals surface area contributed by atoms with E-state index < -0.39 is 6.04 Å². The summed E-state index contributed by atoms with van der Waals surface area (Å²) in [4.78, 5) is 11.8. The smallest absolute Gasteiger partial charge is 0.237 e. The van der Waals surface area contributed by atoms with E-state index in [1.54, 1.807) is 0 Å². The van der Waals surface area contributed by atoms with Gasteiger partial charge in [-0.2, -0.15) is 0 Å². The third-order valence-electron chi connectivity index (χ3n) is 3.45. The van der Waals surface area contributed by atoms with Crippen LogP contribution in [0.4, 0.5) is 0 Å². The average Bonchev–Trinajstić information content (AvgIpc) is 3.03. The van der Waals surface area contributed by atoms with E-state index in [1.165, 1.54) is 6.42 Å². The molecule has 1 aliphatic rings. The molecule has 92 valence electrons. The highest BCUT2D eigenvalue weighted by molar-refractivity contribution is 5.81. The van der Waals surface area contributed by atoms with E-state index in [4.69, 9.17) is 5.73 Å². The Kier molecular flexibility index (Phi) is 3.79. The first-order valence-electron chi connectivity index (χ1n) is 6.24. The molecule has 0 aromatic heterocycles. The minimum atomic E-state index is -0.438. The molecule has 0 bridgehead atoms. The molecule has 1 aromatic rings. The van der Waals surface area contributed by atoms with Crippen molar-refractivity contribution in [1.29, 1.82) is 0 Å². The summed E-state index contributed by atoms with van der Waals surface area (Å²) < 4.78 is 0. The highest BCUT2D eigenvalue weighted by Crippen LogP contribution is 2.36. The Morgan fingerprint density at radius 1 is 1.47 bits per heavy atom. The third kappa shape index (κ3) is 3.56. The van der Waals surface area contributed by atoms with Crippen molar-refractivity contribution in [2.75, 3.05) is 6.54 Å². The van der Waals surface area contributed by atoms with Gasteiger partial charge in [-0.05, 0) is 30.2 Å². The Hall–Kier alpha value is -1.35. The minimum Gasteiger partial charge on any atom is -0.354 e. The molecule has 0 radical (unpaired) electrons. The predicted octanol–water partition coefficient (Wildman–Crippen LogP) is 1.33. The lowest BCUT2D eigenvalue weighted by atomic mass is 10.1.